The number of halogens is 3. The third kappa shape index (κ3) is 3.33. The van der Waals surface area contributed by atoms with Crippen molar-refractivity contribution in [2.45, 2.75) is 64.3 Å². The van der Waals surface area contributed by atoms with Gasteiger partial charge in [-0.3, -0.25) is 4.79 Å². The zero-order chi connectivity index (χ0) is 23.7. The lowest BCUT2D eigenvalue weighted by molar-refractivity contribution is -0.137. The van der Waals surface area contributed by atoms with Gasteiger partial charge in [-0.1, -0.05) is 49.7 Å². The lowest BCUT2D eigenvalue weighted by atomic mass is 9.72. The Kier molecular flexibility index (Phi) is 5.20. The molecule has 3 unspecified atom stereocenters. The Bertz CT molecular complexity index is 1140. The standard InChI is InChI=1S/C27H27F3O3/c1-4-14-9-13(3)10-15(5-2)20(14)22-24(31)21-19-12-18(26(33-19)23(21)25(22)32)16-7-6-8-17(11-16)27(28,29)30/h6-11,18-19,21,23,26,32H,4-5,12H2,1-3H3/t18?,19?,21-,23+,26?/m0/s1. The summed E-state index contributed by atoms with van der Waals surface area (Å²) in [6.45, 7) is 6.09. The first-order valence-corrected chi connectivity index (χ1v) is 11.6. The Morgan fingerprint density at radius 2 is 1.73 bits per heavy atom. The van der Waals surface area contributed by atoms with E-state index in [1.54, 1.807) is 6.07 Å². The van der Waals surface area contributed by atoms with Crippen molar-refractivity contribution in [3.63, 3.8) is 0 Å². The van der Waals surface area contributed by atoms with Crippen molar-refractivity contribution in [3.8, 4) is 0 Å². The topological polar surface area (TPSA) is 46.5 Å². The van der Waals surface area contributed by atoms with E-state index in [2.05, 4.69) is 12.1 Å². The van der Waals surface area contributed by atoms with Gasteiger partial charge in [0, 0.05) is 5.92 Å². The lowest BCUT2D eigenvalue weighted by Gasteiger charge is -2.28. The average Bonchev–Trinajstić information content (AvgIpc) is 3.44. The molecule has 0 radical (unpaired) electrons. The normalized spacial score (nSPS) is 28.7. The molecule has 6 heteroatoms. The number of carbonyl (C=O) groups excluding carboxylic acids is 1. The maximum Gasteiger partial charge on any atom is 0.416 e. The number of rotatable bonds is 4. The molecule has 5 atom stereocenters. The van der Waals surface area contributed by atoms with Gasteiger partial charge in [0.15, 0.2) is 5.78 Å². The largest absolute Gasteiger partial charge is 0.511 e. The van der Waals surface area contributed by atoms with Crippen LogP contribution in [-0.2, 0) is 28.5 Å². The van der Waals surface area contributed by atoms with E-state index in [-0.39, 0.29) is 17.5 Å². The number of hydrogen-bond donors (Lipinski definition) is 1. The van der Waals surface area contributed by atoms with E-state index in [1.165, 1.54) is 12.1 Å². The third-order valence-electron chi connectivity index (χ3n) is 7.58. The van der Waals surface area contributed by atoms with Gasteiger partial charge in [-0.2, -0.15) is 13.2 Å². The number of benzene rings is 2. The maximum absolute atomic E-state index is 13.6. The summed E-state index contributed by atoms with van der Waals surface area (Å²) in [6.07, 6.45) is -3.38. The first kappa shape index (κ1) is 22.2. The van der Waals surface area contributed by atoms with Crippen molar-refractivity contribution in [1.29, 1.82) is 0 Å². The molecule has 3 nitrogen and oxygen atoms in total. The van der Waals surface area contributed by atoms with Gasteiger partial charge in [0.25, 0.3) is 0 Å². The molecule has 0 spiro atoms. The van der Waals surface area contributed by atoms with Crippen LogP contribution in [0.5, 0.6) is 0 Å². The predicted octanol–water partition coefficient (Wildman–Crippen LogP) is 6.18. The highest BCUT2D eigenvalue weighted by Crippen LogP contribution is 2.58. The number of Topliss-reactive ketones (excluding diaryl/α,β-unsaturated/α-hetero) is 1. The van der Waals surface area contributed by atoms with Gasteiger partial charge in [0.05, 0.1) is 35.2 Å². The Labute approximate surface area is 191 Å². The molecule has 3 aliphatic rings. The molecule has 0 amide bonds. The highest BCUT2D eigenvalue weighted by atomic mass is 19.4. The van der Waals surface area contributed by atoms with E-state index in [1.807, 2.05) is 20.8 Å². The first-order valence-electron chi connectivity index (χ1n) is 11.6. The summed E-state index contributed by atoms with van der Waals surface area (Å²) in [6, 6.07) is 9.45. The number of aliphatic hydroxyl groups is 1. The van der Waals surface area contributed by atoms with Gasteiger partial charge >= 0.3 is 6.18 Å². The van der Waals surface area contributed by atoms with E-state index in [0.29, 0.717) is 17.6 Å². The van der Waals surface area contributed by atoms with Crippen LogP contribution in [-0.4, -0.2) is 23.1 Å². The number of hydrogen-bond acceptors (Lipinski definition) is 3. The molecule has 0 aromatic heterocycles. The fourth-order valence-electron chi connectivity index (χ4n) is 6.20. The van der Waals surface area contributed by atoms with Crippen molar-refractivity contribution >= 4 is 11.4 Å². The molecule has 0 saturated carbocycles. The molecule has 2 aliphatic heterocycles. The smallest absolute Gasteiger partial charge is 0.416 e. The molecular weight excluding hydrogens is 429 g/mol. The zero-order valence-corrected chi connectivity index (χ0v) is 18.9. The minimum absolute atomic E-state index is 0.0439. The van der Waals surface area contributed by atoms with Crippen LogP contribution in [0.4, 0.5) is 13.2 Å². The summed E-state index contributed by atoms with van der Waals surface area (Å²) in [5.74, 6) is -1.32. The summed E-state index contributed by atoms with van der Waals surface area (Å²) in [7, 11) is 0. The number of alkyl halides is 3. The number of aliphatic hydroxyl groups excluding tert-OH is 1. The molecule has 2 heterocycles. The van der Waals surface area contributed by atoms with E-state index in [9.17, 15) is 23.1 Å². The Morgan fingerprint density at radius 1 is 1.06 bits per heavy atom. The molecule has 2 aromatic carbocycles. The van der Waals surface area contributed by atoms with Crippen LogP contribution in [0.3, 0.4) is 0 Å². The molecule has 1 aliphatic carbocycles. The van der Waals surface area contributed by atoms with Gasteiger partial charge < -0.3 is 9.84 Å². The van der Waals surface area contributed by atoms with Crippen LogP contribution < -0.4 is 0 Å². The van der Waals surface area contributed by atoms with E-state index >= 15 is 0 Å². The van der Waals surface area contributed by atoms with Crippen molar-refractivity contribution in [2.75, 3.05) is 0 Å². The number of carbonyl (C=O) groups is 1. The van der Waals surface area contributed by atoms with Gasteiger partial charge in [-0.25, -0.2) is 0 Å². The molecule has 1 N–H and O–H groups in total. The minimum Gasteiger partial charge on any atom is -0.511 e. The van der Waals surface area contributed by atoms with Crippen LogP contribution in [0.15, 0.2) is 42.2 Å². The number of aryl methyl sites for hydroxylation is 3. The predicted molar refractivity (Wildman–Crippen MR) is 119 cm³/mol. The second kappa shape index (κ2) is 7.73. The Hall–Kier alpha value is -2.60. The molecule has 5 rings (SSSR count). The SMILES string of the molecule is CCc1cc(C)cc(CC)c1C1=C(O)[C@@H]2C3OC(CC3c3cccc(C(F)(F)F)c3)[C@@H]2C1=O. The number of fused-ring (bicyclic) bond motifs is 5. The van der Waals surface area contributed by atoms with Crippen LogP contribution in [0.2, 0.25) is 0 Å². The minimum atomic E-state index is -4.42. The maximum atomic E-state index is 13.6. The van der Waals surface area contributed by atoms with Crippen LogP contribution in [0.25, 0.3) is 5.57 Å². The van der Waals surface area contributed by atoms with E-state index < -0.39 is 35.8 Å². The quantitative estimate of drug-likeness (QED) is 0.598. The average molecular weight is 457 g/mol. The summed E-state index contributed by atoms with van der Waals surface area (Å²) in [5, 5.41) is 11.4. The van der Waals surface area contributed by atoms with Gasteiger partial charge in [0.1, 0.15) is 5.76 Å². The van der Waals surface area contributed by atoms with Crippen LogP contribution >= 0.6 is 0 Å². The highest BCUT2D eigenvalue weighted by molar-refractivity contribution is 6.26. The summed E-state index contributed by atoms with van der Waals surface area (Å²) >= 11 is 0. The van der Waals surface area contributed by atoms with E-state index in [0.717, 1.165) is 41.2 Å². The number of allylic oxidation sites excluding steroid dienone is 1. The summed E-state index contributed by atoms with van der Waals surface area (Å²) in [5.41, 5.74) is 4.25. The number of ether oxygens (including phenoxy) is 1. The Morgan fingerprint density at radius 3 is 2.33 bits per heavy atom. The molecule has 33 heavy (non-hydrogen) atoms. The second-order valence-corrected chi connectivity index (χ2v) is 9.45. The summed E-state index contributed by atoms with van der Waals surface area (Å²) in [4.78, 5) is 13.6. The molecule has 2 bridgehead atoms. The molecule has 2 aromatic rings. The lowest BCUT2D eigenvalue weighted by Crippen LogP contribution is -2.33. The van der Waals surface area contributed by atoms with Crippen molar-refractivity contribution < 1.29 is 27.8 Å². The van der Waals surface area contributed by atoms with Crippen molar-refractivity contribution in [2.24, 2.45) is 11.8 Å². The van der Waals surface area contributed by atoms with Gasteiger partial charge in [0.2, 0.25) is 0 Å². The monoisotopic (exact) mass is 456 g/mol. The Balaban J connectivity index is 1.56. The summed E-state index contributed by atoms with van der Waals surface area (Å²) < 4.78 is 45.9. The van der Waals surface area contributed by atoms with Crippen molar-refractivity contribution in [3.05, 3.63) is 75.5 Å². The third-order valence-corrected chi connectivity index (χ3v) is 7.58. The molecule has 2 saturated heterocycles. The fraction of sp³-hybridized carbons (Fsp3) is 0.444. The second-order valence-electron chi connectivity index (χ2n) is 9.45. The van der Waals surface area contributed by atoms with E-state index in [4.69, 9.17) is 4.74 Å². The highest BCUT2D eigenvalue weighted by Gasteiger charge is 2.62. The van der Waals surface area contributed by atoms with Gasteiger partial charge in [-0.05, 0) is 54.5 Å². The number of ketones is 1. The fourth-order valence-corrected chi connectivity index (χ4v) is 6.20. The molecule has 174 valence electrons. The van der Waals surface area contributed by atoms with Crippen LogP contribution in [0.1, 0.15) is 59.6 Å². The molecular formula is C27H27F3O3. The first-order chi connectivity index (χ1) is 15.7. The van der Waals surface area contributed by atoms with Gasteiger partial charge in [-0.15, -0.1) is 0 Å². The zero-order valence-electron chi connectivity index (χ0n) is 18.9. The molecule has 2 fully saturated rings. The van der Waals surface area contributed by atoms with Crippen molar-refractivity contribution in [1.82, 2.24) is 0 Å². The van der Waals surface area contributed by atoms with Crippen LogP contribution in [0, 0.1) is 18.8 Å².